The number of nitrogens with two attached hydrogens (primary N) is 1. The Morgan fingerprint density at radius 1 is 1.53 bits per heavy atom. The number of hydrogen-bond donors (Lipinski definition) is 3. The molecule has 4 heteroatoms. The van der Waals surface area contributed by atoms with Crippen LogP contribution in [0.3, 0.4) is 0 Å². The van der Waals surface area contributed by atoms with Gasteiger partial charge in [-0.15, -0.1) is 0 Å². The predicted molar refractivity (Wildman–Crippen MR) is 57.9 cm³/mol. The third-order valence-electron chi connectivity index (χ3n) is 2.64. The van der Waals surface area contributed by atoms with Gasteiger partial charge in [-0.25, -0.2) is 4.79 Å². The van der Waals surface area contributed by atoms with Gasteiger partial charge >= 0.3 is 5.97 Å². The molecular formula is C11H12N2O2. The van der Waals surface area contributed by atoms with Crippen molar-refractivity contribution in [3.8, 4) is 0 Å². The molecule has 0 aliphatic heterocycles. The highest BCUT2D eigenvalue weighted by molar-refractivity contribution is 5.95. The molecule has 0 saturated carbocycles. The number of hydrogen-bond acceptors (Lipinski definition) is 2. The second-order valence-corrected chi connectivity index (χ2v) is 3.50. The van der Waals surface area contributed by atoms with Crippen LogP contribution in [-0.2, 0) is 6.54 Å². The van der Waals surface area contributed by atoms with Crippen LogP contribution in [-0.4, -0.2) is 16.1 Å². The molecule has 4 N–H and O–H groups in total. The molecule has 0 unspecified atom stereocenters. The number of rotatable bonds is 2. The Morgan fingerprint density at radius 3 is 2.87 bits per heavy atom. The monoisotopic (exact) mass is 204 g/mol. The van der Waals surface area contributed by atoms with Gasteiger partial charge in [0.2, 0.25) is 0 Å². The predicted octanol–water partition coefficient (Wildman–Crippen LogP) is 1.63. The van der Waals surface area contributed by atoms with Gasteiger partial charge in [-0.1, -0.05) is 6.07 Å². The standard InChI is InChI=1S/C11H12N2O2/c1-6-7(5-12)2-3-9-8(6)4-10(13-9)11(14)15/h2-4,13H,5,12H2,1H3,(H,14,15). The van der Waals surface area contributed by atoms with E-state index in [0.717, 1.165) is 22.0 Å². The fraction of sp³-hybridized carbons (Fsp3) is 0.182. The van der Waals surface area contributed by atoms with Gasteiger partial charge in [-0.05, 0) is 30.2 Å². The van der Waals surface area contributed by atoms with Gasteiger partial charge in [0.25, 0.3) is 0 Å². The number of carboxylic acid groups (broad SMARTS) is 1. The van der Waals surface area contributed by atoms with E-state index in [0.29, 0.717) is 6.54 Å². The van der Waals surface area contributed by atoms with Crippen molar-refractivity contribution in [1.82, 2.24) is 4.98 Å². The molecular weight excluding hydrogens is 192 g/mol. The van der Waals surface area contributed by atoms with Crippen molar-refractivity contribution in [2.24, 2.45) is 5.73 Å². The van der Waals surface area contributed by atoms with Crippen LogP contribution in [0.4, 0.5) is 0 Å². The summed E-state index contributed by atoms with van der Waals surface area (Å²) in [5, 5.41) is 9.77. The lowest BCUT2D eigenvalue weighted by atomic mass is 10.0. The minimum atomic E-state index is -0.945. The maximum atomic E-state index is 10.8. The number of fused-ring (bicyclic) bond motifs is 1. The minimum absolute atomic E-state index is 0.210. The number of carboxylic acids is 1. The van der Waals surface area contributed by atoms with Crippen LogP contribution >= 0.6 is 0 Å². The Morgan fingerprint density at radius 2 is 2.27 bits per heavy atom. The lowest BCUT2D eigenvalue weighted by Gasteiger charge is -2.02. The van der Waals surface area contributed by atoms with Crippen LogP contribution in [0.15, 0.2) is 18.2 Å². The van der Waals surface area contributed by atoms with Crippen molar-refractivity contribution in [2.45, 2.75) is 13.5 Å². The maximum absolute atomic E-state index is 10.8. The van der Waals surface area contributed by atoms with Crippen LogP contribution in [0.25, 0.3) is 10.9 Å². The highest BCUT2D eigenvalue weighted by atomic mass is 16.4. The van der Waals surface area contributed by atoms with Crippen LogP contribution in [0.2, 0.25) is 0 Å². The second-order valence-electron chi connectivity index (χ2n) is 3.50. The number of aryl methyl sites for hydroxylation is 1. The van der Waals surface area contributed by atoms with Gasteiger partial charge in [0.1, 0.15) is 5.69 Å². The molecule has 2 rings (SSSR count). The van der Waals surface area contributed by atoms with E-state index in [9.17, 15) is 4.79 Å². The molecule has 15 heavy (non-hydrogen) atoms. The Bertz CT molecular complexity index is 529. The summed E-state index contributed by atoms with van der Waals surface area (Å²) < 4.78 is 0. The van der Waals surface area contributed by atoms with Gasteiger partial charge in [-0.2, -0.15) is 0 Å². The summed E-state index contributed by atoms with van der Waals surface area (Å²) in [6, 6.07) is 5.42. The molecule has 0 atom stereocenters. The molecule has 0 spiro atoms. The number of aromatic carboxylic acids is 1. The van der Waals surface area contributed by atoms with Gasteiger partial charge < -0.3 is 15.8 Å². The zero-order valence-electron chi connectivity index (χ0n) is 8.37. The average molecular weight is 204 g/mol. The summed E-state index contributed by atoms with van der Waals surface area (Å²) in [6.45, 7) is 2.42. The Kier molecular flexibility index (Phi) is 2.21. The lowest BCUT2D eigenvalue weighted by Crippen LogP contribution is -1.98. The van der Waals surface area contributed by atoms with E-state index >= 15 is 0 Å². The van der Waals surface area contributed by atoms with Crippen molar-refractivity contribution in [3.63, 3.8) is 0 Å². The number of aromatic amines is 1. The van der Waals surface area contributed by atoms with Gasteiger partial charge in [0, 0.05) is 17.4 Å². The summed E-state index contributed by atoms with van der Waals surface area (Å²) in [6.07, 6.45) is 0. The highest BCUT2D eigenvalue weighted by Gasteiger charge is 2.10. The van der Waals surface area contributed by atoms with Crippen molar-refractivity contribution in [2.75, 3.05) is 0 Å². The Labute approximate surface area is 86.7 Å². The first-order valence-electron chi connectivity index (χ1n) is 4.68. The van der Waals surface area contributed by atoms with Gasteiger partial charge in [-0.3, -0.25) is 0 Å². The lowest BCUT2D eigenvalue weighted by molar-refractivity contribution is 0.0691. The summed E-state index contributed by atoms with van der Waals surface area (Å²) >= 11 is 0. The summed E-state index contributed by atoms with van der Waals surface area (Å²) in [7, 11) is 0. The van der Waals surface area contributed by atoms with E-state index in [1.807, 2.05) is 19.1 Å². The number of aromatic nitrogens is 1. The first kappa shape index (κ1) is 9.73. The molecule has 1 heterocycles. The van der Waals surface area contributed by atoms with Crippen molar-refractivity contribution in [3.05, 3.63) is 35.0 Å². The van der Waals surface area contributed by atoms with E-state index in [1.54, 1.807) is 6.07 Å². The number of benzene rings is 1. The number of carbonyl (C=O) groups is 1. The molecule has 0 saturated heterocycles. The van der Waals surface area contributed by atoms with E-state index < -0.39 is 5.97 Å². The molecule has 2 aromatic rings. The van der Waals surface area contributed by atoms with Crippen LogP contribution in [0, 0.1) is 6.92 Å². The van der Waals surface area contributed by atoms with E-state index in [1.165, 1.54) is 0 Å². The molecule has 0 fully saturated rings. The average Bonchev–Trinajstić information content (AvgIpc) is 2.63. The van der Waals surface area contributed by atoms with E-state index in [4.69, 9.17) is 10.8 Å². The highest BCUT2D eigenvalue weighted by Crippen LogP contribution is 2.22. The van der Waals surface area contributed by atoms with Crippen LogP contribution in [0.5, 0.6) is 0 Å². The third kappa shape index (κ3) is 1.49. The molecule has 0 aliphatic rings. The fourth-order valence-corrected chi connectivity index (χ4v) is 1.73. The molecule has 0 bridgehead atoms. The molecule has 0 radical (unpaired) electrons. The first-order chi connectivity index (χ1) is 7.13. The molecule has 1 aromatic heterocycles. The van der Waals surface area contributed by atoms with Crippen LogP contribution < -0.4 is 5.73 Å². The molecule has 1 aromatic carbocycles. The van der Waals surface area contributed by atoms with Crippen LogP contribution in [0.1, 0.15) is 21.6 Å². The van der Waals surface area contributed by atoms with Gasteiger partial charge in [0.15, 0.2) is 0 Å². The Balaban J connectivity index is 2.71. The SMILES string of the molecule is Cc1c(CN)ccc2[nH]c(C(=O)O)cc12. The maximum Gasteiger partial charge on any atom is 0.352 e. The first-order valence-corrected chi connectivity index (χ1v) is 4.68. The number of H-pyrrole nitrogens is 1. The molecule has 0 amide bonds. The van der Waals surface area contributed by atoms with E-state index in [-0.39, 0.29) is 5.69 Å². The van der Waals surface area contributed by atoms with Crippen molar-refractivity contribution in [1.29, 1.82) is 0 Å². The smallest absolute Gasteiger partial charge is 0.352 e. The zero-order chi connectivity index (χ0) is 11.0. The molecule has 78 valence electrons. The normalized spacial score (nSPS) is 10.8. The second kappa shape index (κ2) is 3.40. The Hall–Kier alpha value is -1.81. The minimum Gasteiger partial charge on any atom is -0.477 e. The van der Waals surface area contributed by atoms with E-state index in [2.05, 4.69) is 4.98 Å². The van der Waals surface area contributed by atoms with Crippen molar-refractivity contribution >= 4 is 16.9 Å². The topological polar surface area (TPSA) is 79.1 Å². The zero-order valence-corrected chi connectivity index (χ0v) is 8.37. The van der Waals surface area contributed by atoms with Gasteiger partial charge in [0.05, 0.1) is 0 Å². The molecule has 0 aliphatic carbocycles. The third-order valence-corrected chi connectivity index (χ3v) is 2.64. The summed E-state index contributed by atoms with van der Waals surface area (Å²) in [5.41, 5.74) is 8.71. The number of nitrogens with one attached hydrogen (secondary N) is 1. The fourth-order valence-electron chi connectivity index (χ4n) is 1.73. The largest absolute Gasteiger partial charge is 0.477 e. The van der Waals surface area contributed by atoms with Crippen molar-refractivity contribution < 1.29 is 9.90 Å². The quantitative estimate of drug-likeness (QED) is 0.695. The summed E-state index contributed by atoms with van der Waals surface area (Å²) in [5.74, 6) is -0.945. The summed E-state index contributed by atoms with van der Waals surface area (Å²) in [4.78, 5) is 13.6. The molecule has 4 nitrogen and oxygen atoms in total.